The lowest BCUT2D eigenvalue weighted by Crippen LogP contribution is -2.71. The number of fused-ring (bicyclic) bond motifs is 7. The molecule has 0 aromatic carbocycles. The van der Waals surface area contributed by atoms with Gasteiger partial charge >= 0.3 is 0 Å². The van der Waals surface area contributed by atoms with Crippen LogP contribution in [0.2, 0.25) is 0 Å². The molecule has 4 bridgehead atoms. The normalized spacial score (nSPS) is 45.0. The zero-order valence-corrected chi connectivity index (χ0v) is 21.5. The number of hydrogen-bond donors (Lipinski definition) is 3. The van der Waals surface area contributed by atoms with E-state index < -0.39 is 30.8 Å². The van der Waals surface area contributed by atoms with Crippen LogP contribution in [0.15, 0.2) is 22.3 Å². The number of allylic oxidation sites excluding steroid dienone is 2. The molecule has 0 aromatic rings. The van der Waals surface area contributed by atoms with Crippen LogP contribution in [0.1, 0.15) is 40.0 Å². The minimum absolute atomic E-state index is 0.00323. The zero-order chi connectivity index (χ0) is 25.6. The van der Waals surface area contributed by atoms with Crippen LogP contribution < -0.4 is 5.32 Å². The summed E-state index contributed by atoms with van der Waals surface area (Å²) in [6.07, 6.45) is -1.25. The van der Waals surface area contributed by atoms with Crippen molar-refractivity contribution < 1.29 is 34.0 Å². The molecule has 5 heterocycles. The van der Waals surface area contributed by atoms with E-state index in [4.69, 9.17) is 14.2 Å². The first-order valence-corrected chi connectivity index (χ1v) is 13.1. The number of carbonyl (C=O) groups is 2. The van der Waals surface area contributed by atoms with Gasteiger partial charge in [0.15, 0.2) is 24.1 Å². The highest BCUT2D eigenvalue weighted by atomic mass is 16.7. The number of ether oxygens (including phenoxy) is 3. The molecule has 0 spiro atoms. The maximum atomic E-state index is 13.6. The van der Waals surface area contributed by atoms with Crippen molar-refractivity contribution in [1.29, 1.82) is 0 Å². The molecule has 4 fully saturated rings. The molecule has 0 radical (unpaired) electrons. The molecular weight excluding hydrogens is 466 g/mol. The first-order valence-electron chi connectivity index (χ1n) is 13.1. The van der Waals surface area contributed by atoms with Gasteiger partial charge in [-0.05, 0) is 47.7 Å². The van der Waals surface area contributed by atoms with Crippen LogP contribution >= 0.6 is 0 Å². The van der Waals surface area contributed by atoms with Gasteiger partial charge < -0.3 is 34.6 Å². The number of hydrogen-bond acceptors (Lipinski definition) is 10. The number of aliphatic hydroxyl groups excluding tert-OH is 1. The summed E-state index contributed by atoms with van der Waals surface area (Å²) in [6, 6.07) is -1.12. The van der Waals surface area contributed by atoms with Crippen molar-refractivity contribution >= 4 is 11.6 Å². The Balaban J connectivity index is 1.48. The monoisotopic (exact) mass is 503 g/mol. The number of piperazine rings is 1. The number of carbonyl (C=O) groups excluding carboxylic acids is 2. The highest BCUT2D eigenvalue weighted by Crippen LogP contribution is 2.47. The molecule has 10 heteroatoms. The molecule has 1 aliphatic carbocycles. The van der Waals surface area contributed by atoms with Gasteiger partial charge in [-0.25, -0.2) is 0 Å². The van der Waals surface area contributed by atoms with E-state index >= 15 is 0 Å². The standard InChI is InChI=1S/C26H37N3O7/c1-10-11(2)24(31)20-13(23(10)30)7-16-21-14(26(32)33)6-15(27-21)25-29(16)17(20)9-34-19-8-18(36-25)22(28(4)5)12(3)35-19/h12,14-19,21-22,25-27,32-33H,6-9H2,1-5H3/t12?,14-,15+,16+,17+,18?,19?,21-,22?,25+/m1/s1. The van der Waals surface area contributed by atoms with Crippen LogP contribution in [0, 0.1) is 5.92 Å². The Morgan fingerprint density at radius 1 is 1.08 bits per heavy atom. The fourth-order valence-electron chi connectivity index (χ4n) is 7.66. The largest absolute Gasteiger partial charge is 0.368 e. The van der Waals surface area contributed by atoms with Crippen LogP contribution in [0.5, 0.6) is 0 Å². The fraction of sp³-hybridized carbons (Fsp3) is 0.769. The topological polar surface area (TPSA) is 121 Å². The van der Waals surface area contributed by atoms with E-state index in [0.29, 0.717) is 41.6 Å². The molecule has 10 nitrogen and oxygen atoms in total. The predicted octanol–water partition coefficient (Wildman–Crippen LogP) is -0.308. The summed E-state index contributed by atoms with van der Waals surface area (Å²) in [7, 11) is 4.02. The summed E-state index contributed by atoms with van der Waals surface area (Å²) in [5.41, 5.74) is 1.99. The number of likely N-dealkylation sites (N-methyl/N-ethyl adjacent to an activating group) is 1. The maximum Gasteiger partial charge on any atom is 0.187 e. The molecule has 10 atom stereocenters. The second kappa shape index (κ2) is 8.78. The molecular formula is C26H37N3O7. The van der Waals surface area contributed by atoms with Gasteiger partial charge in [-0.3, -0.25) is 14.5 Å². The van der Waals surface area contributed by atoms with Crippen molar-refractivity contribution in [2.75, 3.05) is 20.7 Å². The first kappa shape index (κ1) is 24.8. The Labute approximate surface area is 211 Å². The highest BCUT2D eigenvalue weighted by Gasteiger charge is 2.60. The maximum absolute atomic E-state index is 13.6. The van der Waals surface area contributed by atoms with Crippen LogP contribution in [-0.4, -0.2) is 114 Å². The molecule has 5 aliphatic heterocycles. The number of Topliss-reactive ketones (excluding diaryl/α,β-unsaturated/α-hetero) is 2. The summed E-state index contributed by atoms with van der Waals surface area (Å²) in [5.74, 6) is -0.613. The van der Waals surface area contributed by atoms with Crippen molar-refractivity contribution in [2.45, 2.75) is 101 Å². The van der Waals surface area contributed by atoms with E-state index in [9.17, 15) is 19.8 Å². The number of rotatable bonds is 2. The van der Waals surface area contributed by atoms with Gasteiger partial charge in [-0.1, -0.05) is 0 Å². The molecule has 6 rings (SSSR count). The quantitative estimate of drug-likeness (QED) is 0.342. The van der Waals surface area contributed by atoms with Gasteiger partial charge in [0.2, 0.25) is 0 Å². The van der Waals surface area contributed by atoms with Crippen LogP contribution in [0.3, 0.4) is 0 Å². The Kier molecular flexibility index (Phi) is 6.05. The highest BCUT2D eigenvalue weighted by molar-refractivity contribution is 6.25. The Morgan fingerprint density at radius 3 is 2.50 bits per heavy atom. The van der Waals surface area contributed by atoms with E-state index in [2.05, 4.69) is 15.1 Å². The van der Waals surface area contributed by atoms with E-state index in [0.717, 1.165) is 0 Å². The van der Waals surface area contributed by atoms with Gasteiger partial charge in [-0.2, -0.15) is 0 Å². The van der Waals surface area contributed by atoms with Crippen molar-refractivity contribution in [3.05, 3.63) is 22.3 Å². The smallest absolute Gasteiger partial charge is 0.187 e. The van der Waals surface area contributed by atoms with Crippen molar-refractivity contribution in [3.63, 3.8) is 0 Å². The lowest BCUT2D eigenvalue weighted by molar-refractivity contribution is -0.245. The third-order valence-electron chi connectivity index (χ3n) is 9.41. The lowest BCUT2D eigenvalue weighted by atomic mass is 9.74. The summed E-state index contributed by atoms with van der Waals surface area (Å²) in [4.78, 5) is 31.4. The van der Waals surface area contributed by atoms with Crippen LogP contribution in [0.25, 0.3) is 0 Å². The molecule has 4 saturated heterocycles. The molecule has 3 N–H and O–H groups in total. The van der Waals surface area contributed by atoms with E-state index in [-0.39, 0.29) is 54.5 Å². The Morgan fingerprint density at radius 2 is 1.81 bits per heavy atom. The second-order valence-electron chi connectivity index (χ2n) is 11.5. The summed E-state index contributed by atoms with van der Waals surface area (Å²) >= 11 is 0. The third-order valence-corrected chi connectivity index (χ3v) is 9.41. The van der Waals surface area contributed by atoms with Gasteiger partial charge in [0.05, 0.1) is 30.9 Å². The Bertz CT molecular complexity index is 1040. The van der Waals surface area contributed by atoms with Crippen LogP contribution in [-0.2, 0) is 23.8 Å². The average molecular weight is 504 g/mol. The molecule has 198 valence electrons. The molecule has 6 aliphatic rings. The summed E-state index contributed by atoms with van der Waals surface area (Å²) in [6.45, 7) is 5.65. The third kappa shape index (κ3) is 3.54. The van der Waals surface area contributed by atoms with E-state index in [1.54, 1.807) is 13.8 Å². The Hall–Kier alpha value is -1.50. The molecule has 0 amide bonds. The van der Waals surface area contributed by atoms with Crippen LogP contribution in [0.4, 0.5) is 0 Å². The summed E-state index contributed by atoms with van der Waals surface area (Å²) in [5, 5.41) is 24.1. The van der Waals surface area contributed by atoms with Gasteiger partial charge in [0, 0.05) is 52.8 Å². The number of aliphatic hydroxyl groups is 2. The molecule has 0 aromatic heterocycles. The van der Waals surface area contributed by atoms with Gasteiger partial charge in [0.25, 0.3) is 0 Å². The van der Waals surface area contributed by atoms with Gasteiger partial charge in [-0.15, -0.1) is 0 Å². The fourth-order valence-corrected chi connectivity index (χ4v) is 7.66. The minimum atomic E-state index is -1.49. The SMILES string of the molecule is CC1=C(C)C(=O)C2=C(C[C@H]3[C@@H]4N[C@@H](C[C@H]4C(O)O)[C@@H]4OC5CC(OC[C@@H]2N34)OC(C)C5N(C)C)C1=O. The first-order chi connectivity index (χ1) is 17.1. The molecule has 4 unspecified atom stereocenters. The van der Waals surface area contributed by atoms with Crippen molar-refractivity contribution in [1.82, 2.24) is 15.1 Å². The number of nitrogens with one attached hydrogen (secondary N) is 1. The minimum Gasteiger partial charge on any atom is -0.368 e. The number of nitrogens with zero attached hydrogens (tertiary/aromatic N) is 2. The summed E-state index contributed by atoms with van der Waals surface area (Å²) < 4.78 is 19.5. The van der Waals surface area contributed by atoms with E-state index in [1.165, 1.54) is 0 Å². The average Bonchev–Trinajstić information content (AvgIpc) is 3.24. The zero-order valence-electron chi connectivity index (χ0n) is 21.5. The molecule has 0 saturated carbocycles. The van der Waals surface area contributed by atoms with Crippen molar-refractivity contribution in [2.24, 2.45) is 5.92 Å². The molecule has 36 heavy (non-hydrogen) atoms. The predicted molar refractivity (Wildman–Crippen MR) is 128 cm³/mol. The number of ketones is 2. The second-order valence-corrected chi connectivity index (χ2v) is 11.5. The van der Waals surface area contributed by atoms with E-state index in [1.807, 2.05) is 21.0 Å². The van der Waals surface area contributed by atoms with Gasteiger partial charge in [0.1, 0.15) is 6.23 Å². The van der Waals surface area contributed by atoms with Crippen molar-refractivity contribution in [3.8, 4) is 0 Å². The lowest BCUT2D eigenvalue weighted by Gasteiger charge is -2.54.